The van der Waals surface area contributed by atoms with E-state index in [1.54, 1.807) is 18.2 Å². The molecular formula is C20H18N2O2. The Morgan fingerprint density at radius 3 is 2.42 bits per heavy atom. The third-order valence-electron chi connectivity index (χ3n) is 3.86. The fourth-order valence-corrected chi connectivity index (χ4v) is 2.63. The number of rotatable bonds is 4. The maximum absolute atomic E-state index is 12.3. The third-order valence-corrected chi connectivity index (χ3v) is 3.86. The second-order valence-electron chi connectivity index (χ2n) is 5.37. The number of methoxy groups -OCH3 is 1. The Bertz CT molecular complexity index is 911. The fourth-order valence-electron chi connectivity index (χ4n) is 2.63. The van der Waals surface area contributed by atoms with Gasteiger partial charge in [0.05, 0.1) is 18.4 Å². The highest BCUT2D eigenvalue weighted by Crippen LogP contribution is 2.19. The predicted molar refractivity (Wildman–Crippen MR) is 96.6 cm³/mol. The highest BCUT2D eigenvalue weighted by molar-refractivity contribution is 6.10. The van der Waals surface area contributed by atoms with Crippen LogP contribution < -0.4 is 10.2 Å². The number of hydrogen-bond acceptors (Lipinski definition) is 3. The van der Waals surface area contributed by atoms with E-state index in [1.165, 1.54) is 7.11 Å². The molecule has 0 aliphatic rings. The van der Waals surface area contributed by atoms with E-state index in [1.807, 2.05) is 43.3 Å². The van der Waals surface area contributed by atoms with E-state index in [9.17, 15) is 4.79 Å². The summed E-state index contributed by atoms with van der Waals surface area (Å²) >= 11 is 0. The number of amides is 1. The van der Waals surface area contributed by atoms with Gasteiger partial charge in [-0.3, -0.25) is 4.79 Å². The summed E-state index contributed by atoms with van der Waals surface area (Å²) in [5.74, 6) is 0.222. The number of hydrogen-bond donors (Lipinski definition) is 1. The van der Waals surface area contributed by atoms with Gasteiger partial charge in [-0.05, 0) is 29.8 Å². The zero-order valence-corrected chi connectivity index (χ0v) is 13.6. The molecule has 3 aromatic rings. The Balaban J connectivity index is 1.87. The molecule has 0 bridgehead atoms. The number of nitrogens with zero attached hydrogens (tertiary/aromatic N) is 1. The van der Waals surface area contributed by atoms with E-state index in [-0.39, 0.29) is 5.91 Å². The van der Waals surface area contributed by atoms with Crippen LogP contribution in [0.2, 0.25) is 0 Å². The number of carbonyl (C=O) groups is 1. The molecule has 0 saturated carbocycles. The van der Waals surface area contributed by atoms with Crippen molar-refractivity contribution in [1.29, 1.82) is 0 Å². The van der Waals surface area contributed by atoms with E-state index in [4.69, 9.17) is 4.74 Å². The number of para-hydroxylation sites is 1. The SMILES string of the molecule is COc1ccccc1C(=O)NN=C(C)c1cccc2ccccc12. The standard InChI is InChI=1S/C20H18N2O2/c1-14(16-12-7-9-15-8-3-4-10-17(15)16)21-22-20(23)18-11-5-6-13-19(18)24-2/h3-13H,1-2H3,(H,22,23). The average Bonchev–Trinajstić information content (AvgIpc) is 2.65. The van der Waals surface area contributed by atoms with Crippen molar-refractivity contribution in [3.63, 3.8) is 0 Å². The van der Waals surface area contributed by atoms with Gasteiger partial charge in [0.25, 0.3) is 5.91 Å². The van der Waals surface area contributed by atoms with E-state index in [0.717, 1.165) is 22.0 Å². The summed E-state index contributed by atoms with van der Waals surface area (Å²) in [7, 11) is 1.54. The van der Waals surface area contributed by atoms with Crippen LogP contribution in [0.4, 0.5) is 0 Å². The average molecular weight is 318 g/mol. The molecule has 0 radical (unpaired) electrons. The fraction of sp³-hybridized carbons (Fsp3) is 0.100. The molecule has 0 heterocycles. The Hall–Kier alpha value is -3.14. The summed E-state index contributed by atoms with van der Waals surface area (Å²) in [5.41, 5.74) is 4.80. The number of benzene rings is 3. The highest BCUT2D eigenvalue weighted by Gasteiger charge is 2.11. The summed E-state index contributed by atoms with van der Waals surface area (Å²) in [6, 6.07) is 21.2. The van der Waals surface area contributed by atoms with Crippen molar-refractivity contribution in [3.05, 3.63) is 77.9 Å². The van der Waals surface area contributed by atoms with Crippen LogP contribution in [0.1, 0.15) is 22.8 Å². The molecule has 0 unspecified atom stereocenters. The molecule has 1 N–H and O–H groups in total. The van der Waals surface area contributed by atoms with Gasteiger partial charge < -0.3 is 4.74 Å². The molecule has 0 atom stereocenters. The van der Waals surface area contributed by atoms with Crippen LogP contribution in [0, 0.1) is 0 Å². The monoisotopic (exact) mass is 318 g/mol. The van der Waals surface area contributed by atoms with E-state index in [2.05, 4.69) is 22.7 Å². The molecule has 0 saturated heterocycles. The normalized spacial score (nSPS) is 11.3. The van der Waals surface area contributed by atoms with Crippen LogP contribution in [0.3, 0.4) is 0 Å². The van der Waals surface area contributed by atoms with E-state index in [0.29, 0.717) is 11.3 Å². The van der Waals surface area contributed by atoms with Gasteiger partial charge in [0.15, 0.2) is 0 Å². The summed E-state index contributed by atoms with van der Waals surface area (Å²) < 4.78 is 5.21. The first kappa shape index (κ1) is 15.7. The molecule has 3 rings (SSSR count). The van der Waals surface area contributed by atoms with Gasteiger partial charge in [0.2, 0.25) is 0 Å². The van der Waals surface area contributed by atoms with Crippen molar-refractivity contribution in [2.45, 2.75) is 6.92 Å². The highest BCUT2D eigenvalue weighted by atomic mass is 16.5. The van der Waals surface area contributed by atoms with Gasteiger partial charge in [-0.2, -0.15) is 5.10 Å². The minimum absolute atomic E-state index is 0.299. The lowest BCUT2D eigenvalue weighted by Crippen LogP contribution is -2.20. The lowest BCUT2D eigenvalue weighted by molar-refractivity contribution is 0.0952. The molecule has 120 valence electrons. The summed E-state index contributed by atoms with van der Waals surface area (Å²) in [4.78, 5) is 12.3. The maximum atomic E-state index is 12.3. The van der Waals surface area contributed by atoms with Crippen LogP contribution >= 0.6 is 0 Å². The Labute approximate surface area is 140 Å². The number of hydrazone groups is 1. The Morgan fingerprint density at radius 1 is 0.917 bits per heavy atom. The van der Waals surface area contributed by atoms with Gasteiger partial charge in [0, 0.05) is 5.56 Å². The van der Waals surface area contributed by atoms with E-state index < -0.39 is 0 Å². The van der Waals surface area contributed by atoms with Crippen LogP contribution in [0.15, 0.2) is 71.8 Å². The smallest absolute Gasteiger partial charge is 0.275 e. The zero-order valence-electron chi connectivity index (χ0n) is 13.6. The van der Waals surface area contributed by atoms with Crippen molar-refractivity contribution in [2.24, 2.45) is 5.10 Å². The van der Waals surface area contributed by atoms with Gasteiger partial charge >= 0.3 is 0 Å². The van der Waals surface area contributed by atoms with Gasteiger partial charge in [0.1, 0.15) is 5.75 Å². The summed E-state index contributed by atoms with van der Waals surface area (Å²) in [6.45, 7) is 1.88. The van der Waals surface area contributed by atoms with Crippen molar-refractivity contribution in [1.82, 2.24) is 5.43 Å². The van der Waals surface area contributed by atoms with Crippen LogP contribution in [-0.2, 0) is 0 Å². The first-order chi connectivity index (χ1) is 11.7. The first-order valence-electron chi connectivity index (χ1n) is 7.66. The van der Waals surface area contributed by atoms with Crippen molar-refractivity contribution in [3.8, 4) is 5.75 Å². The zero-order chi connectivity index (χ0) is 16.9. The molecule has 4 nitrogen and oxygen atoms in total. The number of nitrogens with one attached hydrogen (secondary N) is 1. The van der Waals surface area contributed by atoms with Crippen molar-refractivity contribution < 1.29 is 9.53 Å². The van der Waals surface area contributed by atoms with Gasteiger partial charge in [-0.1, -0.05) is 54.6 Å². The third kappa shape index (κ3) is 3.13. The first-order valence-corrected chi connectivity index (χ1v) is 7.66. The van der Waals surface area contributed by atoms with Crippen molar-refractivity contribution in [2.75, 3.05) is 7.11 Å². The lowest BCUT2D eigenvalue weighted by Gasteiger charge is -2.08. The molecule has 0 fully saturated rings. The molecule has 3 aromatic carbocycles. The summed E-state index contributed by atoms with van der Waals surface area (Å²) in [5, 5.41) is 6.50. The molecule has 0 spiro atoms. The molecule has 4 heteroatoms. The Morgan fingerprint density at radius 2 is 1.58 bits per heavy atom. The predicted octanol–water partition coefficient (Wildman–Crippen LogP) is 4.00. The van der Waals surface area contributed by atoms with Gasteiger partial charge in [-0.15, -0.1) is 0 Å². The number of fused-ring (bicyclic) bond motifs is 1. The molecule has 0 aliphatic heterocycles. The van der Waals surface area contributed by atoms with E-state index >= 15 is 0 Å². The second kappa shape index (κ2) is 6.96. The molecular weight excluding hydrogens is 300 g/mol. The lowest BCUT2D eigenvalue weighted by atomic mass is 10.0. The van der Waals surface area contributed by atoms with Crippen molar-refractivity contribution >= 4 is 22.4 Å². The largest absolute Gasteiger partial charge is 0.496 e. The van der Waals surface area contributed by atoms with Crippen LogP contribution in [0.5, 0.6) is 5.75 Å². The number of ether oxygens (including phenoxy) is 1. The van der Waals surface area contributed by atoms with Crippen LogP contribution in [0.25, 0.3) is 10.8 Å². The second-order valence-corrected chi connectivity index (χ2v) is 5.37. The quantitative estimate of drug-likeness (QED) is 0.584. The minimum Gasteiger partial charge on any atom is -0.496 e. The number of carbonyl (C=O) groups excluding carboxylic acids is 1. The molecule has 1 amide bonds. The topological polar surface area (TPSA) is 50.7 Å². The Kier molecular flexibility index (Phi) is 4.57. The van der Waals surface area contributed by atoms with Crippen LogP contribution in [-0.4, -0.2) is 18.7 Å². The maximum Gasteiger partial charge on any atom is 0.275 e. The molecule has 0 aliphatic carbocycles. The molecule has 24 heavy (non-hydrogen) atoms. The minimum atomic E-state index is -0.299. The van der Waals surface area contributed by atoms with Gasteiger partial charge in [-0.25, -0.2) is 5.43 Å². The molecule has 0 aromatic heterocycles. The summed E-state index contributed by atoms with van der Waals surface area (Å²) in [6.07, 6.45) is 0.